The Morgan fingerprint density at radius 2 is 1.84 bits per heavy atom. The Labute approximate surface area is 117 Å². The van der Waals surface area contributed by atoms with E-state index < -0.39 is 0 Å². The summed E-state index contributed by atoms with van der Waals surface area (Å²) in [7, 11) is 0. The minimum absolute atomic E-state index is 0.130. The number of likely N-dealkylation sites (tertiary alicyclic amines) is 1. The van der Waals surface area contributed by atoms with E-state index in [4.69, 9.17) is 17.3 Å². The molecule has 1 aromatic carbocycles. The molecule has 2 N–H and O–H groups in total. The van der Waals surface area contributed by atoms with Gasteiger partial charge in [-0.2, -0.15) is 0 Å². The number of amides is 2. The lowest BCUT2D eigenvalue weighted by atomic mass is 9.81. The predicted octanol–water partition coefficient (Wildman–Crippen LogP) is 2.60. The van der Waals surface area contributed by atoms with Crippen LogP contribution in [0, 0.1) is 5.41 Å². The van der Waals surface area contributed by atoms with Crippen LogP contribution in [0.3, 0.4) is 0 Å². The van der Waals surface area contributed by atoms with E-state index in [1.54, 1.807) is 18.2 Å². The lowest BCUT2D eigenvalue weighted by Crippen LogP contribution is -2.45. The first-order valence-corrected chi connectivity index (χ1v) is 6.53. The first kappa shape index (κ1) is 13.9. The number of anilines is 1. The number of nitrogens with two attached hydrogens (primary N) is 1. The van der Waals surface area contributed by atoms with Crippen molar-refractivity contribution in [3.05, 3.63) is 28.8 Å². The van der Waals surface area contributed by atoms with Gasteiger partial charge in [-0.25, -0.2) is 0 Å². The van der Waals surface area contributed by atoms with Crippen LogP contribution in [-0.2, 0) is 16.1 Å². The number of hydrogen-bond donors (Lipinski definition) is 1. The fourth-order valence-corrected chi connectivity index (χ4v) is 2.38. The van der Waals surface area contributed by atoms with E-state index in [0.29, 0.717) is 23.6 Å². The van der Waals surface area contributed by atoms with E-state index in [1.165, 1.54) is 4.90 Å². The van der Waals surface area contributed by atoms with Crippen molar-refractivity contribution in [3.63, 3.8) is 0 Å². The lowest BCUT2D eigenvalue weighted by molar-refractivity contribution is -0.153. The predicted molar refractivity (Wildman–Crippen MR) is 74.4 cm³/mol. The third-order valence-corrected chi connectivity index (χ3v) is 3.61. The first-order valence-electron chi connectivity index (χ1n) is 6.16. The van der Waals surface area contributed by atoms with Gasteiger partial charge in [0.15, 0.2) is 0 Å². The van der Waals surface area contributed by atoms with Crippen molar-refractivity contribution in [2.75, 3.05) is 5.73 Å². The molecule has 2 amide bonds. The Bertz CT molecular complexity index is 520. The van der Waals surface area contributed by atoms with Crippen LogP contribution in [0.5, 0.6) is 0 Å². The number of nitrogen functional groups attached to an aromatic ring is 1. The zero-order chi connectivity index (χ0) is 14.2. The lowest BCUT2D eigenvalue weighted by Gasteiger charge is -2.34. The highest BCUT2D eigenvalue weighted by Gasteiger charge is 2.37. The van der Waals surface area contributed by atoms with Gasteiger partial charge in [0.25, 0.3) is 0 Å². The smallest absolute Gasteiger partial charge is 0.230 e. The molecule has 0 bridgehead atoms. The van der Waals surface area contributed by atoms with Crippen molar-refractivity contribution in [3.8, 4) is 0 Å². The molecule has 0 unspecified atom stereocenters. The number of imide groups is 1. The molecule has 1 fully saturated rings. The highest BCUT2D eigenvalue weighted by Crippen LogP contribution is 2.32. The van der Waals surface area contributed by atoms with Gasteiger partial charge < -0.3 is 5.73 Å². The summed E-state index contributed by atoms with van der Waals surface area (Å²) < 4.78 is 0. The van der Waals surface area contributed by atoms with Gasteiger partial charge in [-0.15, -0.1) is 0 Å². The van der Waals surface area contributed by atoms with Crippen molar-refractivity contribution in [1.29, 1.82) is 0 Å². The quantitative estimate of drug-likeness (QED) is 0.669. The van der Waals surface area contributed by atoms with Gasteiger partial charge in [0.1, 0.15) is 0 Å². The molecule has 0 saturated carbocycles. The van der Waals surface area contributed by atoms with Crippen molar-refractivity contribution in [1.82, 2.24) is 4.90 Å². The monoisotopic (exact) mass is 280 g/mol. The summed E-state index contributed by atoms with van der Waals surface area (Å²) in [6, 6.07) is 5.15. The van der Waals surface area contributed by atoms with Crippen LogP contribution in [0.1, 0.15) is 32.3 Å². The number of halogens is 1. The highest BCUT2D eigenvalue weighted by molar-refractivity contribution is 6.33. The molecule has 0 spiro atoms. The maximum atomic E-state index is 12.0. The SMILES string of the molecule is CC1(C)CC(=O)N(Cc2ccc(Cl)c(N)c2)C(=O)C1. The molecule has 0 atom stereocenters. The maximum absolute atomic E-state index is 12.0. The van der Waals surface area contributed by atoms with E-state index in [1.807, 2.05) is 13.8 Å². The number of rotatable bonds is 2. The van der Waals surface area contributed by atoms with Gasteiger partial charge >= 0.3 is 0 Å². The van der Waals surface area contributed by atoms with Crippen LogP contribution in [0.2, 0.25) is 5.02 Å². The van der Waals surface area contributed by atoms with Crippen LogP contribution in [0.25, 0.3) is 0 Å². The Balaban J connectivity index is 2.16. The molecule has 1 aliphatic heterocycles. The van der Waals surface area contributed by atoms with E-state index in [9.17, 15) is 9.59 Å². The summed E-state index contributed by atoms with van der Waals surface area (Å²) in [6.07, 6.45) is 0.781. The number of nitrogens with zero attached hydrogens (tertiary/aromatic N) is 1. The fourth-order valence-electron chi connectivity index (χ4n) is 2.26. The minimum atomic E-state index is -0.246. The molecule has 2 rings (SSSR count). The highest BCUT2D eigenvalue weighted by atomic mass is 35.5. The Kier molecular flexibility index (Phi) is 3.54. The van der Waals surface area contributed by atoms with E-state index >= 15 is 0 Å². The van der Waals surface area contributed by atoms with Crippen molar-refractivity contribution in [2.24, 2.45) is 5.41 Å². The van der Waals surface area contributed by atoms with E-state index in [-0.39, 0.29) is 23.8 Å². The van der Waals surface area contributed by atoms with Crippen molar-refractivity contribution in [2.45, 2.75) is 33.2 Å². The van der Waals surface area contributed by atoms with Gasteiger partial charge in [0.2, 0.25) is 11.8 Å². The normalized spacial score (nSPS) is 18.8. The summed E-state index contributed by atoms with van der Waals surface area (Å²) in [6.45, 7) is 4.12. The molecular formula is C14H17ClN2O2. The van der Waals surface area contributed by atoms with Crippen LogP contribution < -0.4 is 5.73 Å². The second-order valence-electron chi connectivity index (χ2n) is 5.75. The van der Waals surface area contributed by atoms with E-state index in [0.717, 1.165) is 5.56 Å². The molecule has 1 heterocycles. The minimum Gasteiger partial charge on any atom is -0.398 e. The number of benzene rings is 1. The average Bonchev–Trinajstić information content (AvgIpc) is 2.27. The zero-order valence-electron chi connectivity index (χ0n) is 11.1. The van der Waals surface area contributed by atoms with Crippen molar-refractivity contribution < 1.29 is 9.59 Å². The van der Waals surface area contributed by atoms with Crippen LogP contribution >= 0.6 is 11.6 Å². The summed E-state index contributed by atoms with van der Waals surface area (Å²) >= 11 is 5.85. The Morgan fingerprint density at radius 3 is 2.37 bits per heavy atom. The number of hydrogen-bond acceptors (Lipinski definition) is 3. The van der Waals surface area contributed by atoms with Gasteiger partial charge in [-0.1, -0.05) is 31.5 Å². The molecule has 0 aliphatic carbocycles. The van der Waals surface area contributed by atoms with Crippen LogP contribution in [0.15, 0.2) is 18.2 Å². The molecule has 1 saturated heterocycles. The van der Waals surface area contributed by atoms with Gasteiger partial charge in [-0.3, -0.25) is 14.5 Å². The van der Waals surface area contributed by atoms with Crippen LogP contribution in [-0.4, -0.2) is 16.7 Å². The topological polar surface area (TPSA) is 63.4 Å². The fraction of sp³-hybridized carbons (Fsp3) is 0.429. The van der Waals surface area contributed by atoms with Crippen LogP contribution in [0.4, 0.5) is 5.69 Å². The first-order chi connectivity index (χ1) is 8.78. The van der Waals surface area contributed by atoms with Gasteiger partial charge in [0, 0.05) is 12.8 Å². The van der Waals surface area contributed by atoms with Crippen molar-refractivity contribution >= 4 is 29.1 Å². The molecule has 0 radical (unpaired) electrons. The standard InChI is InChI=1S/C14H17ClN2O2/c1-14(2)6-12(18)17(13(19)7-14)8-9-3-4-10(15)11(16)5-9/h3-5H,6-8,16H2,1-2H3. The number of piperidine rings is 1. The maximum Gasteiger partial charge on any atom is 0.230 e. The third-order valence-electron chi connectivity index (χ3n) is 3.26. The number of carbonyl (C=O) groups excluding carboxylic acids is 2. The molecule has 5 heteroatoms. The summed E-state index contributed by atoms with van der Waals surface area (Å²) in [5.74, 6) is -0.260. The summed E-state index contributed by atoms with van der Waals surface area (Å²) in [5.41, 5.74) is 6.74. The average molecular weight is 281 g/mol. The summed E-state index contributed by atoms with van der Waals surface area (Å²) in [4.78, 5) is 25.3. The largest absolute Gasteiger partial charge is 0.398 e. The number of carbonyl (C=O) groups is 2. The molecule has 1 aliphatic rings. The Morgan fingerprint density at radius 1 is 1.26 bits per heavy atom. The third kappa shape index (κ3) is 3.07. The molecular weight excluding hydrogens is 264 g/mol. The second-order valence-corrected chi connectivity index (χ2v) is 6.15. The zero-order valence-corrected chi connectivity index (χ0v) is 11.8. The molecule has 19 heavy (non-hydrogen) atoms. The summed E-state index contributed by atoms with van der Waals surface area (Å²) in [5, 5.41) is 0.473. The Hall–Kier alpha value is -1.55. The van der Waals surface area contributed by atoms with Gasteiger partial charge in [-0.05, 0) is 23.1 Å². The van der Waals surface area contributed by atoms with E-state index in [2.05, 4.69) is 0 Å². The van der Waals surface area contributed by atoms with Gasteiger partial charge in [0.05, 0.1) is 17.3 Å². The molecule has 0 aromatic heterocycles. The molecule has 102 valence electrons. The molecule has 1 aromatic rings. The second kappa shape index (κ2) is 4.85. The molecule has 4 nitrogen and oxygen atoms in total.